The van der Waals surface area contributed by atoms with Gasteiger partial charge in [-0.05, 0) is 56.9 Å². The van der Waals surface area contributed by atoms with E-state index >= 15 is 0 Å². The van der Waals surface area contributed by atoms with Crippen LogP contribution in [0.5, 0.6) is 0 Å². The second kappa shape index (κ2) is 5.38. The van der Waals surface area contributed by atoms with Crippen LogP contribution in [0.25, 0.3) is 32.7 Å². The predicted molar refractivity (Wildman–Crippen MR) is 91.9 cm³/mol. The first-order valence-corrected chi connectivity index (χ1v) is 7.53. The van der Waals surface area contributed by atoms with Crippen molar-refractivity contribution in [1.29, 1.82) is 0 Å². The standard InChI is InChI=1S/C21H13F3/c22-21(23,24)18-10-8-14(9-11-18)19-7-3-6-17-12-15-4-1-2-5-16(15)13-20(17)19/h1-13H/i8D. The predicted octanol–water partition coefficient (Wildman–Crippen LogP) is 6.68. The van der Waals surface area contributed by atoms with Crippen LogP contribution in [0, 0.1) is 0 Å². The largest absolute Gasteiger partial charge is 0.416 e. The second-order valence-electron chi connectivity index (χ2n) is 5.71. The van der Waals surface area contributed by atoms with Gasteiger partial charge >= 0.3 is 6.18 Å². The van der Waals surface area contributed by atoms with Gasteiger partial charge in [0.25, 0.3) is 0 Å². The van der Waals surface area contributed by atoms with Crippen LogP contribution >= 0.6 is 0 Å². The third-order valence-corrected chi connectivity index (χ3v) is 4.18. The van der Waals surface area contributed by atoms with E-state index in [0.29, 0.717) is 5.56 Å². The molecule has 0 amide bonds. The average molecular weight is 323 g/mol. The normalized spacial score (nSPS) is 12.5. The van der Waals surface area contributed by atoms with E-state index in [1.54, 1.807) is 0 Å². The number of fused-ring (bicyclic) bond motifs is 2. The fourth-order valence-electron chi connectivity index (χ4n) is 2.97. The van der Waals surface area contributed by atoms with Crippen LogP contribution in [0.3, 0.4) is 0 Å². The van der Waals surface area contributed by atoms with Crippen molar-refractivity contribution in [2.24, 2.45) is 0 Å². The van der Waals surface area contributed by atoms with Gasteiger partial charge in [-0.15, -0.1) is 0 Å². The molecule has 4 rings (SSSR count). The number of hydrogen-bond acceptors (Lipinski definition) is 0. The molecule has 118 valence electrons. The second-order valence-corrected chi connectivity index (χ2v) is 5.71. The molecule has 4 aromatic carbocycles. The molecule has 0 bridgehead atoms. The Kier molecular flexibility index (Phi) is 3.05. The van der Waals surface area contributed by atoms with Crippen LogP contribution < -0.4 is 0 Å². The van der Waals surface area contributed by atoms with E-state index in [1.165, 1.54) is 6.07 Å². The highest BCUT2D eigenvalue weighted by atomic mass is 19.4. The molecule has 0 aliphatic carbocycles. The summed E-state index contributed by atoms with van der Waals surface area (Å²) >= 11 is 0. The van der Waals surface area contributed by atoms with Gasteiger partial charge in [0.2, 0.25) is 0 Å². The molecule has 0 aliphatic heterocycles. The Bertz CT molecular complexity index is 1100. The topological polar surface area (TPSA) is 0 Å². The molecule has 0 unspecified atom stereocenters. The number of halogens is 3. The number of benzene rings is 4. The van der Waals surface area contributed by atoms with Crippen molar-refractivity contribution < 1.29 is 14.5 Å². The molecule has 0 aromatic heterocycles. The van der Waals surface area contributed by atoms with Crippen molar-refractivity contribution >= 4 is 21.5 Å². The zero-order valence-electron chi connectivity index (χ0n) is 13.6. The molecule has 0 spiro atoms. The van der Waals surface area contributed by atoms with Crippen LogP contribution in [0.4, 0.5) is 13.2 Å². The van der Waals surface area contributed by atoms with Gasteiger partial charge in [0.1, 0.15) is 0 Å². The van der Waals surface area contributed by atoms with Gasteiger partial charge in [-0.3, -0.25) is 0 Å². The summed E-state index contributed by atoms with van der Waals surface area (Å²) in [6.45, 7) is 0. The fourth-order valence-corrected chi connectivity index (χ4v) is 2.97. The molecule has 0 aliphatic rings. The zero-order chi connectivity index (χ0) is 17.6. The summed E-state index contributed by atoms with van der Waals surface area (Å²) in [6.07, 6.45) is -4.44. The van der Waals surface area contributed by atoms with Gasteiger partial charge in [0.05, 0.1) is 6.93 Å². The highest BCUT2D eigenvalue weighted by molar-refractivity contribution is 6.04. The zero-order valence-corrected chi connectivity index (χ0v) is 12.6. The van der Waals surface area contributed by atoms with Gasteiger partial charge in [-0.2, -0.15) is 13.2 Å². The highest BCUT2D eigenvalue weighted by Crippen LogP contribution is 2.34. The summed E-state index contributed by atoms with van der Waals surface area (Å²) in [5, 5.41) is 4.08. The van der Waals surface area contributed by atoms with Crippen LogP contribution in [0.15, 0.2) is 78.8 Å². The first-order valence-electron chi connectivity index (χ1n) is 8.03. The Balaban J connectivity index is 1.96. The Morgan fingerprint density at radius 1 is 0.708 bits per heavy atom. The lowest BCUT2D eigenvalue weighted by atomic mass is 9.95. The summed E-state index contributed by atoms with van der Waals surface area (Å²) in [4.78, 5) is 0. The number of alkyl halides is 3. The van der Waals surface area contributed by atoms with Gasteiger partial charge in [-0.25, -0.2) is 0 Å². The maximum Gasteiger partial charge on any atom is 0.416 e. The lowest BCUT2D eigenvalue weighted by Gasteiger charge is -2.11. The van der Waals surface area contributed by atoms with Gasteiger partial charge in [0.15, 0.2) is 0 Å². The minimum atomic E-state index is -4.44. The van der Waals surface area contributed by atoms with E-state index in [0.717, 1.165) is 39.2 Å². The van der Waals surface area contributed by atoms with Crippen molar-refractivity contribution in [3.63, 3.8) is 0 Å². The van der Waals surface area contributed by atoms with Gasteiger partial charge in [-0.1, -0.05) is 54.6 Å². The van der Waals surface area contributed by atoms with Crippen molar-refractivity contribution in [2.75, 3.05) is 0 Å². The summed E-state index contributed by atoms with van der Waals surface area (Å²) < 4.78 is 46.6. The summed E-state index contributed by atoms with van der Waals surface area (Å²) in [5.74, 6) is 0. The Labute approximate surface area is 138 Å². The van der Waals surface area contributed by atoms with E-state index in [2.05, 4.69) is 6.07 Å². The van der Waals surface area contributed by atoms with Crippen LogP contribution in [-0.2, 0) is 6.18 Å². The Morgan fingerprint density at radius 3 is 2.12 bits per heavy atom. The Morgan fingerprint density at radius 2 is 1.42 bits per heavy atom. The molecule has 0 saturated heterocycles. The van der Waals surface area contributed by atoms with Crippen molar-refractivity contribution in [3.05, 3.63) is 84.4 Å². The Hall–Kier alpha value is -2.81. The average Bonchev–Trinajstić information content (AvgIpc) is 2.59. The molecule has 0 atom stereocenters. The molecule has 0 radical (unpaired) electrons. The van der Waals surface area contributed by atoms with Crippen molar-refractivity contribution in [2.45, 2.75) is 6.18 Å². The molecule has 0 N–H and O–H groups in total. The van der Waals surface area contributed by atoms with Crippen LogP contribution in [0.1, 0.15) is 6.93 Å². The quantitative estimate of drug-likeness (QED) is 0.343. The van der Waals surface area contributed by atoms with E-state index in [4.69, 9.17) is 1.37 Å². The molecule has 0 saturated carbocycles. The number of rotatable bonds is 1. The van der Waals surface area contributed by atoms with E-state index in [-0.39, 0.29) is 6.04 Å². The SMILES string of the molecule is [2H]c1cc(C(F)(F)F)ccc1-c1cccc2cc3ccccc3cc12. The molecular formula is C21H13F3. The van der Waals surface area contributed by atoms with Crippen molar-refractivity contribution in [1.82, 2.24) is 0 Å². The minimum absolute atomic E-state index is 0.129. The fraction of sp³-hybridized carbons (Fsp3) is 0.0476. The van der Waals surface area contributed by atoms with E-state index in [1.807, 2.05) is 48.5 Å². The van der Waals surface area contributed by atoms with E-state index < -0.39 is 11.7 Å². The molecule has 0 heterocycles. The molecule has 24 heavy (non-hydrogen) atoms. The first kappa shape index (κ1) is 13.6. The number of hydrogen-bond donors (Lipinski definition) is 0. The summed E-state index contributed by atoms with van der Waals surface area (Å²) in [6, 6.07) is 20.9. The molecule has 0 fully saturated rings. The minimum Gasteiger partial charge on any atom is -0.166 e. The van der Waals surface area contributed by atoms with Crippen LogP contribution in [0.2, 0.25) is 0 Å². The lowest BCUT2D eigenvalue weighted by molar-refractivity contribution is -0.137. The maximum atomic E-state index is 12.8. The maximum absolute atomic E-state index is 12.8. The highest BCUT2D eigenvalue weighted by Gasteiger charge is 2.30. The molecule has 4 aromatic rings. The molecule has 0 nitrogen and oxygen atoms in total. The molecular weight excluding hydrogens is 309 g/mol. The van der Waals surface area contributed by atoms with Crippen LogP contribution in [-0.4, -0.2) is 0 Å². The van der Waals surface area contributed by atoms with Gasteiger partial charge in [0, 0.05) is 0 Å². The monoisotopic (exact) mass is 323 g/mol. The third kappa shape index (κ3) is 2.52. The van der Waals surface area contributed by atoms with E-state index in [9.17, 15) is 13.2 Å². The first-order chi connectivity index (χ1) is 11.9. The smallest absolute Gasteiger partial charge is 0.166 e. The van der Waals surface area contributed by atoms with Crippen molar-refractivity contribution in [3.8, 4) is 11.1 Å². The molecule has 3 heteroatoms. The third-order valence-electron chi connectivity index (χ3n) is 4.18. The summed E-state index contributed by atoms with van der Waals surface area (Å²) in [7, 11) is 0. The lowest BCUT2D eigenvalue weighted by Crippen LogP contribution is -2.03. The summed E-state index contributed by atoms with van der Waals surface area (Å²) in [5.41, 5.74) is 0.461. The van der Waals surface area contributed by atoms with Gasteiger partial charge < -0.3 is 0 Å².